The van der Waals surface area contributed by atoms with Gasteiger partial charge in [-0.05, 0) is 29.3 Å². The summed E-state index contributed by atoms with van der Waals surface area (Å²) in [5.74, 6) is 0.719. The van der Waals surface area contributed by atoms with E-state index in [1.807, 2.05) is 36.5 Å². The van der Waals surface area contributed by atoms with Gasteiger partial charge in [0.05, 0.1) is 32.6 Å². The molecule has 4 nitrogen and oxygen atoms in total. The number of benzene rings is 5. The maximum absolute atomic E-state index is 5.16. The Morgan fingerprint density at radius 2 is 1.20 bits per heavy atom. The molecule has 5 aromatic carbocycles. The molecular weight excluding hydrogens is 569 g/mol. The normalized spacial score (nSPS) is 11.6. The molecule has 4 aromatic heterocycles. The topological polar surface area (TPSA) is 51.6 Å². The zero-order valence-corrected chi connectivity index (χ0v) is 24.9. The monoisotopic (exact) mass is 592 g/mol. The minimum Gasteiger partial charge on any atom is -0.254 e. The van der Waals surface area contributed by atoms with Gasteiger partial charge in [-0.15, -0.1) is 11.3 Å². The molecule has 0 amide bonds. The molecule has 45 heavy (non-hydrogen) atoms. The fourth-order valence-corrected chi connectivity index (χ4v) is 7.29. The predicted molar refractivity (Wildman–Crippen MR) is 187 cm³/mol. The van der Waals surface area contributed by atoms with Crippen molar-refractivity contribution in [2.24, 2.45) is 0 Å². The van der Waals surface area contributed by atoms with Crippen LogP contribution in [0, 0.1) is 0 Å². The third-order valence-corrected chi connectivity index (χ3v) is 9.51. The largest absolute Gasteiger partial charge is 0.254 e. The van der Waals surface area contributed by atoms with Gasteiger partial charge >= 0.3 is 0 Å². The molecule has 5 heteroatoms. The first-order chi connectivity index (χ1) is 22.3. The van der Waals surface area contributed by atoms with Crippen molar-refractivity contribution in [2.75, 3.05) is 0 Å². The van der Waals surface area contributed by atoms with Gasteiger partial charge < -0.3 is 0 Å². The SMILES string of the molecule is c1ccc(-c2cc(-c3ccc(-c4nc(-c5ccccc5)c5sc6ccccc6c5n4)cc3)c3ccc4cccnc4c3n2)cc1. The Morgan fingerprint density at radius 3 is 2.02 bits per heavy atom. The van der Waals surface area contributed by atoms with Gasteiger partial charge in [-0.2, -0.15) is 0 Å². The Kier molecular flexibility index (Phi) is 5.96. The van der Waals surface area contributed by atoms with E-state index in [2.05, 4.69) is 109 Å². The molecule has 0 aliphatic carbocycles. The van der Waals surface area contributed by atoms with Crippen molar-refractivity contribution in [1.29, 1.82) is 0 Å². The molecule has 0 spiro atoms. The van der Waals surface area contributed by atoms with Crippen LogP contribution in [-0.4, -0.2) is 19.9 Å². The highest BCUT2D eigenvalue weighted by molar-refractivity contribution is 7.26. The van der Waals surface area contributed by atoms with Crippen LogP contribution in [0.1, 0.15) is 0 Å². The van der Waals surface area contributed by atoms with E-state index in [1.165, 1.54) is 4.70 Å². The number of hydrogen-bond donors (Lipinski definition) is 0. The van der Waals surface area contributed by atoms with Gasteiger partial charge in [0, 0.05) is 43.7 Å². The van der Waals surface area contributed by atoms with Crippen LogP contribution in [0.3, 0.4) is 0 Å². The first-order valence-electron chi connectivity index (χ1n) is 14.9. The summed E-state index contributed by atoms with van der Waals surface area (Å²) in [5, 5.41) is 3.31. The highest BCUT2D eigenvalue weighted by Gasteiger charge is 2.17. The number of fused-ring (bicyclic) bond motifs is 6. The van der Waals surface area contributed by atoms with E-state index in [0.717, 1.165) is 82.4 Å². The maximum atomic E-state index is 5.16. The Labute approximate surface area is 263 Å². The quantitative estimate of drug-likeness (QED) is 0.191. The Bertz CT molecular complexity index is 2520. The summed E-state index contributed by atoms with van der Waals surface area (Å²) in [4.78, 5) is 20.2. The molecule has 0 aliphatic heterocycles. The molecule has 9 rings (SSSR count). The van der Waals surface area contributed by atoms with E-state index in [0.29, 0.717) is 0 Å². The number of thiophene rings is 1. The highest BCUT2D eigenvalue weighted by atomic mass is 32.1. The summed E-state index contributed by atoms with van der Waals surface area (Å²) in [6.07, 6.45) is 1.84. The van der Waals surface area contributed by atoms with Crippen molar-refractivity contribution in [3.8, 4) is 45.0 Å². The van der Waals surface area contributed by atoms with Crippen LogP contribution in [0.5, 0.6) is 0 Å². The first kappa shape index (κ1) is 25.7. The molecule has 0 atom stereocenters. The second-order valence-corrected chi connectivity index (χ2v) is 12.1. The van der Waals surface area contributed by atoms with Gasteiger partial charge in [0.1, 0.15) is 0 Å². The molecule has 0 fully saturated rings. The molecule has 0 bridgehead atoms. The summed E-state index contributed by atoms with van der Waals surface area (Å²) >= 11 is 1.75. The lowest BCUT2D eigenvalue weighted by Gasteiger charge is -2.13. The molecule has 0 saturated carbocycles. The number of rotatable bonds is 4. The van der Waals surface area contributed by atoms with Crippen molar-refractivity contribution in [3.63, 3.8) is 0 Å². The molecule has 0 radical (unpaired) electrons. The number of pyridine rings is 2. The van der Waals surface area contributed by atoms with Gasteiger partial charge in [0.15, 0.2) is 5.82 Å². The molecule has 0 unspecified atom stereocenters. The second kappa shape index (κ2) is 10.4. The lowest BCUT2D eigenvalue weighted by molar-refractivity contribution is 1.24. The van der Waals surface area contributed by atoms with Crippen LogP contribution in [0.4, 0.5) is 0 Å². The smallest absolute Gasteiger partial charge is 0.160 e. The van der Waals surface area contributed by atoms with Crippen LogP contribution in [0.25, 0.3) is 87.1 Å². The van der Waals surface area contributed by atoms with E-state index in [9.17, 15) is 0 Å². The van der Waals surface area contributed by atoms with Crippen LogP contribution in [0.15, 0.2) is 146 Å². The van der Waals surface area contributed by atoms with E-state index in [-0.39, 0.29) is 0 Å². The minimum absolute atomic E-state index is 0.719. The van der Waals surface area contributed by atoms with Crippen molar-refractivity contribution in [1.82, 2.24) is 19.9 Å². The van der Waals surface area contributed by atoms with Crippen molar-refractivity contribution >= 4 is 53.4 Å². The van der Waals surface area contributed by atoms with E-state index < -0.39 is 0 Å². The fourth-order valence-electron chi connectivity index (χ4n) is 6.13. The molecular formula is C40H24N4S. The third-order valence-electron chi connectivity index (χ3n) is 8.34. The van der Waals surface area contributed by atoms with Gasteiger partial charge in [0.2, 0.25) is 0 Å². The average molecular weight is 593 g/mol. The summed E-state index contributed by atoms with van der Waals surface area (Å²) in [5.41, 5.74) is 10.0. The van der Waals surface area contributed by atoms with E-state index >= 15 is 0 Å². The zero-order valence-electron chi connectivity index (χ0n) is 24.1. The summed E-state index contributed by atoms with van der Waals surface area (Å²) in [6, 6.07) is 48.4. The standard InChI is InChI=1S/C40H24N4S/c1-3-10-26(11-4-1)33-24-32(30-22-21-28-14-9-23-41-35(28)37(30)42-33)25-17-19-29(20-18-25)40-43-36(27-12-5-2-6-13-27)39-38(44-40)31-15-7-8-16-34(31)45-39/h1-24H. The average Bonchev–Trinajstić information content (AvgIpc) is 3.50. The van der Waals surface area contributed by atoms with Gasteiger partial charge in [-0.1, -0.05) is 121 Å². The summed E-state index contributed by atoms with van der Waals surface area (Å²) in [7, 11) is 0. The van der Waals surface area contributed by atoms with Gasteiger partial charge in [0.25, 0.3) is 0 Å². The van der Waals surface area contributed by atoms with Gasteiger partial charge in [-0.25, -0.2) is 15.0 Å². The highest BCUT2D eigenvalue weighted by Crippen LogP contribution is 2.40. The number of hydrogen-bond acceptors (Lipinski definition) is 5. The summed E-state index contributed by atoms with van der Waals surface area (Å²) in [6.45, 7) is 0. The van der Waals surface area contributed by atoms with Crippen LogP contribution < -0.4 is 0 Å². The Morgan fingerprint density at radius 1 is 0.467 bits per heavy atom. The van der Waals surface area contributed by atoms with Crippen LogP contribution in [-0.2, 0) is 0 Å². The molecule has 0 N–H and O–H groups in total. The molecule has 4 heterocycles. The lowest BCUT2D eigenvalue weighted by Crippen LogP contribution is -1.94. The van der Waals surface area contributed by atoms with Crippen molar-refractivity contribution < 1.29 is 0 Å². The van der Waals surface area contributed by atoms with E-state index in [1.54, 1.807) is 11.3 Å². The Hall–Kier alpha value is -5.78. The van der Waals surface area contributed by atoms with E-state index in [4.69, 9.17) is 19.9 Å². The third kappa shape index (κ3) is 4.36. The zero-order chi connectivity index (χ0) is 29.7. The number of aromatic nitrogens is 4. The molecule has 9 aromatic rings. The second-order valence-electron chi connectivity index (χ2n) is 11.1. The van der Waals surface area contributed by atoms with Crippen LogP contribution in [0.2, 0.25) is 0 Å². The van der Waals surface area contributed by atoms with Crippen LogP contribution >= 0.6 is 11.3 Å². The lowest BCUT2D eigenvalue weighted by atomic mass is 9.96. The summed E-state index contributed by atoms with van der Waals surface area (Å²) < 4.78 is 2.33. The van der Waals surface area contributed by atoms with Gasteiger partial charge in [-0.3, -0.25) is 4.98 Å². The molecule has 210 valence electrons. The maximum Gasteiger partial charge on any atom is 0.160 e. The Balaban J connectivity index is 1.22. The molecule has 0 saturated heterocycles. The molecule has 0 aliphatic rings. The first-order valence-corrected chi connectivity index (χ1v) is 15.7. The number of nitrogens with zero attached hydrogens (tertiary/aromatic N) is 4. The minimum atomic E-state index is 0.719. The van der Waals surface area contributed by atoms with Crippen molar-refractivity contribution in [2.45, 2.75) is 0 Å². The van der Waals surface area contributed by atoms with Crippen molar-refractivity contribution in [3.05, 3.63) is 146 Å². The predicted octanol–water partition coefficient (Wildman–Crippen LogP) is 10.6. The fraction of sp³-hybridized carbons (Fsp3) is 0.